The van der Waals surface area contributed by atoms with Gasteiger partial charge in [-0.05, 0) is 18.2 Å². The predicted molar refractivity (Wildman–Crippen MR) is 60.1 cm³/mol. The van der Waals surface area contributed by atoms with E-state index in [2.05, 4.69) is 0 Å². The van der Waals surface area contributed by atoms with E-state index >= 15 is 0 Å². The molecule has 0 radical (unpaired) electrons. The van der Waals surface area contributed by atoms with Gasteiger partial charge >= 0.3 is 0 Å². The van der Waals surface area contributed by atoms with Crippen LogP contribution in [-0.4, -0.2) is 25.7 Å². The molecule has 88 valence electrons. The summed E-state index contributed by atoms with van der Waals surface area (Å²) in [6.45, 7) is 0.107. The number of rotatable bonds is 5. The standard InChI is InChI=1S/C10H13ClN2O3/c1-15-6-9(10(14)13-12)16-8-4-2-3-7(11)5-8/h2-5,9H,6,12H2,1H3,(H,13,14). The Morgan fingerprint density at radius 3 is 2.94 bits per heavy atom. The highest BCUT2D eigenvalue weighted by Crippen LogP contribution is 2.18. The number of nitrogens with one attached hydrogen (secondary N) is 1. The van der Waals surface area contributed by atoms with E-state index in [0.29, 0.717) is 10.8 Å². The van der Waals surface area contributed by atoms with Gasteiger partial charge in [0, 0.05) is 12.1 Å². The Labute approximate surface area is 98.4 Å². The van der Waals surface area contributed by atoms with E-state index in [9.17, 15) is 4.79 Å². The first kappa shape index (κ1) is 12.8. The molecule has 1 unspecified atom stereocenters. The largest absolute Gasteiger partial charge is 0.478 e. The van der Waals surface area contributed by atoms with Crippen molar-refractivity contribution >= 4 is 17.5 Å². The Balaban J connectivity index is 2.71. The maximum absolute atomic E-state index is 11.3. The number of methoxy groups -OCH3 is 1. The molecule has 1 aromatic carbocycles. The molecule has 0 spiro atoms. The molecule has 1 atom stereocenters. The number of nitrogens with two attached hydrogens (primary N) is 1. The Morgan fingerprint density at radius 1 is 1.62 bits per heavy atom. The minimum absolute atomic E-state index is 0.107. The van der Waals surface area contributed by atoms with Crippen molar-refractivity contribution in [1.29, 1.82) is 0 Å². The Bertz CT molecular complexity index is 360. The molecule has 0 saturated carbocycles. The summed E-state index contributed by atoms with van der Waals surface area (Å²) in [4.78, 5) is 11.3. The molecule has 0 bridgehead atoms. The number of hydrogen-bond acceptors (Lipinski definition) is 4. The lowest BCUT2D eigenvalue weighted by Gasteiger charge is -2.16. The minimum Gasteiger partial charge on any atom is -0.478 e. The van der Waals surface area contributed by atoms with E-state index in [1.165, 1.54) is 7.11 Å². The van der Waals surface area contributed by atoms with Gasteiger partial charge in [0.15, 0.2) is 0 Å². The number of hydrazine groups is 1. The Hall–Kier alpha value is -1.30. The van der Waals surface area contributed by atoms with Gasteiger partial charge in [-0.15, -0.1) is 0 Å². The summed E-state index contributed by atoms with van der Waals surface area (Å²) >= 11 is 5.78. The van der Waals surface area contributed by atoms with Crippen LogP contribution in [0.4, 0.5) is 0 Å². The third kappa shape index (κ3) is 3.69. The van der Waals surface area contributed by atoms with Crippen LogP contribution in [0.2, 0.25) is 5.02 Å². The highest BCUT2D eigenvalue weighted by molar-refractivity contribution is 6.30. The van der Waals surface area contributed by atoms with Crippen molar-refractivity contribution in [2.75, 3.05) is 13.7 Å². The van der Waals surface area contributed by atoms with E-state index in [1.807, 2.05) is 5.43 Å². The number of benzene rings is 1. The van der Waals surface area contributed by atoms with Crippen LogP contribution in [0.25, 0.3) is 0 Å². The summed E-state index contributed by atoms with van der Waals surface area (Å²) in [6, 6.07) is 6.73. The molecule has 6 heteroatoms. The number of carbonyl (C=O) groups excluding carboxylic acids is 1. The van der Waals surface area contributed by atoms with Crippen molar-refractivity contribution in [3.63, 3.8) is 0 Å². The summed E-state index contributed by atoms with van der Waals surface area (Å²) in [5.41, 5.74) is 2.01. The van der Waals surface area contributed by atoms with Gasteiger partial charge in [-0.2, -0.15) is 0 Å². The number of ether oxygens (including phenoxy) is 2. The number of carbonyl (C=O) groups is 1. The van der Waals surface area contributed by atoms with Crippen molar-refractivity contribution in [3.8, 4) is 5.75 Å². The fraction of sp³-hybridized carbons (Fsp3) is 0.300. The zero-order chi connectivity index (χ0) is 12.0. The zero-order valence-corrected chi connectivity index (χ0v) is 9.53. The number of hydrogen-bond donors (Lipinski definition) is 2. The molecule has 1 amide bonds. The molecular weight excluding hydrogens is 232 g/mol. The fourth-order valence-electron chi connectivity index (χ4n) is 1.11. The molecule has 0 heterocycles. The molecule has 0 aliphatic carbocycles. The third-order valence-electron chi connectivity index (χ3n) is 1.83. The first-order valence-corrected chi connectivity index (χ1v) is 4.96. The number of halogens is 1. The molecule has 0 aromatic heterocycles. The van der Waals surface area contributed by atoms with Gasteiger partial charge < -0.3 is 9.47 Å². The van der Waals surface area contributed by atoms with Gasteiger partial charge in [0.25, 0.3) is 5.91 Å². The first-order valence-electron chi connectivity index (χ1n) is 4.59. The van der Waals surface area contributed by atoms with Crippen molar-refractivity contribution in [3.05, 3.63) is 29.3 Å². The van der Waals surface area contributed by atoms with Gasteiger partial charge in [0.05, 0.1) is 6.61 Å². The second-order valence-electron chi connectivity index (χ2n) is 3.03. The van der Waals surface area contributed by atoms with Crippen molar-refractivity contribution in [2.45, 2.75) is 6.10 Å². The maximum Gasteiger partial charge on any atom is 0.277 e. The molecule has 1 rings (SSSR count). The second-order valence-corrected chi connectivity index (χ2v) is 3.46. The molecule has 0 fully saturated rings. The summed E-state index contributed by atoms with van der Waals surface area (Å²) in [5, 5.41) is 0.529. The van der Waals surface area contributed by atoms with E-state index in [0.717, 1.165) is 0 Å². The third-order valence-corrected chi connectivity index (χ3v) is 2.06. The van der Waals surface area contributed by atoms with Gasteiger partial charge in [0.2, 0.25) is 6.10 Å². The van der Waals surface area contributed by atoms with Crippen LogP contribution in [0.3, 0.4) is 0 Å². The lowest BCUT2D eigenvalue weighted by Crippen LogP contribution is -2.44. The maximum atomic E-state index is 11.3. The lowest BCUT2D eigenvalue weighted by molar-refractivity contribution is -0.130. The molecule has 3 N–H and O–H groups in total. The summed E-state index contributed by atoms with van der Waals surface area (Å²) in [6.07, 6.45) is -0.798. The molecule has 0 aliphatic heterocycles. The van der Waals surface area contributed by atoms with E-state index in [4.69, 9.17) is 26.9 Å². The summed E-state index contributed by atoms with van der Waals surface area (Å²) < 4.78 is 10.2. The quantitative estimate of drug-likeness (QED) is 0.455. The molecule has 1 aromatic rings. The summed E-state index contributed by atoms with van der Waals surface area (Å²) in [5.74, 6) is 5.05. The van der Waals surface area contributed by atoms with Gasteiger partial charge in [-0.3, -0.25) is 10.2 Å². The van der Waals surface area contributed by atoms with Crippen LogP contribution < -0.4 is 16.0 Å². The van der Waals surface area contributed by atoms with Crippen LogP contribution in [-0.2, 0) is 9.53 Å². The van der Waals surface area contributed by atoms with Crippen LogP contribution in [0.5, 0.6) is 5.75 Å². The van der Waals surface area contributed by atoms with E-state index < -0.39 is 12.0 Å². The van der Waals surface area contributed by atoms with Crippen molar-refractivity contribution in [2.24, 2.45) is 5.84 Å². The highest BCUT2D eigenvalue weighted by atomic mass is 35.5. The molecule has 0 aliphatic rings. The van der Waals surface area contributed by atoms with Crippen molar-refractivity contribution < 1.29 is 14.3 Å². The van der Waals surface area contributed by atoms with Crippen molar-refractivity contribution in [1.82, 2.24) is 5.43 Å². The molecule has 5 nitrogen and oxygen atoms in total. The van der Waals surface area contributed by atoms with Crippen LogP contribution in [0.15, 0.2) is 24.3 Å². The monoisotopic (exact) mass is 244 g/mol. The van der Waals surface area contributed by atoms with Gasteiger partial charge in [0.1, 0.15) is 5.75 Å². The van der Waals surface area contributed by atoms with E-state index in [-0.39, 0.29) is 6.61 Å². The fourth-order valence-corrected chi connectivity index (χ4v) is 1.29. The summed E-state index contributed by atoms with van der Waals surface area (Å²) in [7, 11) is 1.47. The average molecular weight is 245 g/mol. The van der Waals surface area contributed by atoms with Crippen LogP contribution >= 0.6 is 11.6 Å². The highest BCUT2D eigenvalue weighted by Gasteiger charge is 2.19. The van der Waals surface area contributed by atoms with Gasteiger partial charge in [-0.1, -0.05) is 17.7 Å². The predicted octanol–water partition coefficient (Wildman–Crippen LogP) is 0.724. The average Bonchev–Trinajstić information content (AvgIpc) is 2.27. The number of amides is 1. The van der Waals surface area contributed by atoms with E-state index in [1.54, 1.807) is 24.3 Å². The molecular formula is C10H13ClN2O3. The minimum atomic E-state index is -0.798. The van der Waals surface area contributed by atoms with Crippen LogP contribution in [0, 0.1) is 0 Å². The Kier molecular flexibility index (Phi) is 5.04. The first-order chi connectivity index (χ1) is 7.67. The van der Waals surface area contributed by atoms with Crippen LogP contribution in [0.1, 0.15) is 0 Å². The zero-order valence-electron chi connectivity index (χ0n) is 8.77. The molecule has 16 heavy (non-hydrogen) atoms. The lowest BCUT2D eigenvalue weighted by atomic mass is 10.3. The van der Waals surface area contributed by atoms with Gasteiger partial charge in [-0.25, -0.2) is 5.84 Å². The second kappa shape index (κ2) is 6.32. The Morgan fingerprint density at radius 2 is 2.38 bits per heavy atom. The SMILES string of the molecule is COCC(Oc1cccc(Cl)c1)C(=O)NN. The smallest absolute Gasteiger partial charge is 0.277 e. The molecule has 0 saturated heterocycles. The topological polar surface area (TPSA) is 73.6 Å². The normalized spacial score (nSPS) is 11.9.